The topological polar surface area (TPSA) is 82.6 Å². The van der Waals surface area contributed by atoms with Crippen molar-refractivity contribution >= 4 is 45.6 Å². The van der Waals surface area contributed by atoms with Gasteiger partial charge in [-0.3, -0.25) is 14.5 Å². The number of ether oxygens (including phenoxy) is 1. The number of H-pyrrole nitrogens is 1. The molecule has 1 fully saturated rings. The van der Waals surface area contributed by atoms with E-state index in [1.165, 1.54) is 12.0 Å². The maximum Gasteiger partial charge on any atom is 0.300 e. The number of ketones is 1. The van der Waals surface area contributed by atoms with E-state index in [0.717, 1.165) is 33.3 Å². The summed E-state index contributed by atoms with van der Waals surface area (Å²) in [7, 11) is 1.47. The van der Waals surface area contributed by atoms with E-state index in [0.29, 0.717) is 22.0 Å². The molecule has 1 amide bonds. The molecule has 0 bridgehead atoms. The summed E-state index contributed by atoms with van der Waals surface area (Å²) in [6.45, 7) is 5.79. The highest BCUT2D eigenvalue weighted by molar-refractivity contribution is 6.52. The Labute approximate surface area is 213 Å². The van der Waals surface area contributed by atoms with E-state index in [9.17, 15) is 14.7 Å². The Morgan fingerprint density at radius 3 is 2.39 bits per heavy atom. The van der Waals surface area contributed by atoms with E-state index in [4.69, 9.17) is 16.3 Å². The predicted molar refractivity (Wildman–Crippen MR) is 142 cm³/mol. The van der Waals surface area contributed by atoms with Gasteiger partial charge in [0.2, 0.25) is 0 Å². The maximum atomic E-state index is 13.6. The predicted octanol–water partition coefficient (Wildman–Crippen LogP) is 6.38. The number of carbonyl (C=O) groups is 2. The molecular formula is C29H25ClN2O4. The van der Waals surface area contributed by atoms with Gasteiger partial charge in [-0.15, -0.1) is 0 Å². The zero-order valence-corrected chi connectivity index (χ0v) is 21.1. The quantitative estimate of drug-likeness (QED) is 0.193. The SMILES string of the molecule is COc1cc(/C(O)=C2\C(=O)C(=O)N(c3cc(C)cc(C)c3)C2c2c(C)[nH]c3ccccc23)ccc1Cl. The van der Waals surface area contributed by atoms with Crippen LogP contribution in [-0.2, 0) is 9.59 Å². The fourth-order valence-electron chi connectivity index (χ4n) is 5.07. The van der Waals surface area contributed by atoms with Crippen molar-refractivity contribution in [2.45, 2.75) is 26.8 Å². The van der Waals surface area contributed by atoms with Crippen LogP contribution < -0.4 is 9.64 Å². The smallest absolute Gasteiger partial charge is 0.300 e. The summed E-state index contributed by atoms with van der Waals surface area (Å²) in [4.78, 5) is 32.0. The van der Waals surface area contributed by atoms with Crippen LogP contribution >= 0.6 is 11.6 Å². The minimum atomic E-state index is -0.843. The first-order valence-electron chi connectivity index (χ1n) is 11.5. The molecule has 1 aliphatic rings. The van der Waals surface area contributed by atoms with Crippen LogP contribution in [0.2, 0.25) is 5.02 Å². The van der Waals surface area contributed by atoms with Crippen LogP contribution in [0.1, 0.15) is 34.0 Å². The number of anilines is 1. The molecule has 1 unspecified atom stereocenters. The van der Waals surface area contributed by atoms with Crippen LogP contribution in [0.5, 0.6) is 5.75 Å². The number of methoxy groups -OCH3 is 1. The zero-order chi connectivity index (χ0) is 25.7. The summed E-state index contributed by atoms with van der Waals surface area (Å²) in [5, 5.41) is 12.7. The van der Waals surface area contributed by atoms with Crippen molar-refractivity contribution in [1.29, 1.82) is 0 Å². The number of nitrogens with one attached hydrogen (secondary N) is 1. The van der Waals surface area contributed by atoms with Crippen LogP contribution in [-0.4, -0.2) is 28.9 Å². The number of hydrogen-bond donors (Lipinski definition) is 2. The van der Waals surface area contributed by atoms with Crippen LogP contribution in [0.3, 0.4) is 0 Å². The molecule has 0 radical (unpaired) electrons. The fourth-order valence-corrected chi connectivity index (χ4v) is 5.27. The van der Waals surface area contributed by atoms with Crippen LogP contribution in [0.4, 0.5) is 5.69 Å². The number of fused-ring (bicyclic) bond motifs is 1. The van der Waals surface area contributed by atoms with Crippen molar-refractivity contribution in [2.24, 2.45) is 0 Å². The van der Waals surface area contributed by atoms with Gasteiger partial charge >= 0.3 is 0 Å². The second kappa shape index (κ2) is 8.88. The monoisotopic (exact) mass is 500 g/mol. The molecule has 3 aromatic carbocycles. The first-order valence-corrected chi connectivity index (χ1v) is 11.9. The van der Waals surface area contributed by atoms with Gasteiger partial charge in [-0.25, -0.2) is 0 Å². The van der Waals surface area contributed by atoms with E-state index >= 15 is 0 Å². The number of carbonyl (C=O) groups excluding carboxylic acids is 2. The number of para-hydroxylation sites is 1. The Balaban J connectivity index is 1.83. The molecule has 1 atom stereocenters. The number of hydrogen-bond acceptors (Lipinski definition) is 4. The Bertz CT molecular complexity index is 1560. The third kappa shape index (κ3) is 3.74. The largest absolute Gasteiger partial charge is 0.507 e. The normalized spacial score (nSPS) is 17.2. The highest BCUT2D eigenvalue weighted by atomic mass is 35.5. The van der Waals surface area contributed by atoms with Crippen molar-refractivity contribution in [3.63, 3.8) is 0 Å². The first kappa shape index (κ1) is 23.7. The number of halogens is 1. The van der Waals surface area contributed by atoms with Gasteiger partial charge in [0.1, 0.15) is 11.5 Å². The van der Waals surface area contributed by atoms with Crippen LogP contribution in [0.15, 0.2) is 66.2 Å². The molecule has 0 aliphatic carbocycles. The number of aromatic amines is 1. The van der Waals surface area contributed by atoms with Crippen molar-refractivity contribution in [3.05, 3.63) is 99.2 Å². The molecule has 182 valence electrons. The van der Waals surface area contributed by atoms with Gasteiger partial charge in [-0.2, -0.15) is 0 Å². The number of nitrogens with zero attached hydrogens (tertiary/aromatic N) is 1. The third-order valence-corrected chi connectivity index (χ3v) is 6.88. The molecular weight excluding hydrogens is 476 g/mol. The summed E-state index contributed by atoms with van der Waals surface area (Å²) < 4.78 is 5.31. The maximum absolute atomic E-state index is 13.6. The molecule has 7 heteroatoms. The van der Waals surface area contributed by atoms with Gasteiger partial charge in [0.05, 0.1) is 23.7 Å². The summed E-state index contributed by atoms with van der Waals surface area (Å²) in [5.41, 5.74) is 5.30. The van der Waals surface area contributed by atoms with Crippen molar-refractivity contribution in [1.82, 2.24) is 4.98 Å². The number of Topliss-reactive ketones (excluding diaryl/α,β-unsaturated/α-hetero) is 1. The van der Waals surface area contributed by atoms with Crippen molar-refractivity contribution in [3.8, 4) is 5.75 Å². The van der Waals surface area contributed by atoms with Crippen molar-refractivity contribution in [2.75, 3.05) is 12.0 Å². The lowest BCUT2D eigenvalue weighted by molar-refractivity contribution is -0.132. The minimum absolute atomic E-state index is 0.0105. The van der Waals surface area contributed by atoms with Gasteiger partial charge in [0, 0.05) is 33.4 Å². The third-order valence-electron chi connectivity index (χ3n) is 6.57. The molecule has 0 spiro atoms. The lowest BCUT2D eigenvalue weighted by atomic mass is 9.93. The minimum Gasteiger partial charge on any atom is -0.507 e. The van der Waals surface area contributed by atoms with Gasteiger partial charge in [0.15, 0.2) is 0 Å². The molecule has 2 N–H and O–H groups in total. The Morgan fingerprint density at radius 2 is 1.69 bits per heavy atom. The summed E-state index contributed by atoms with van der Waals surface area (Å²) in [6, 6.07) is 17.4. The van der Waals surface area contributed by atoms with Gasteiger partial charge in [-0.05, 0) is 68.3 Å². The van der Waals surface area contributed by atoms with Gasteiger partial charge < -0.3 is 14.8 Å². The average molecular weight is 501 g/mol. The fraction of sp³-hybridized carbons (Fsp3) is 0.172. The number of amides is 1. The highest BCUT2D eigenvalue weighted by Crippen LogP contribution is 2.46. The number of aryl methyl sites for hydroxylation is 3. The van der Waals surface area contributed by atoms with Crippen molar-refractivity contribution < 1.29 is 19.4 Å². The molecule has 6 nitrogen and oxygen atoms in total. The molecule has 4 aromatic rings. The average Bonchev–Trinajstić information content (AvgIpc) is 3.30. The standard InChI is InChI=1S/C29H25ClN2O4/c1-15-11-16(2)13-19(12-15)32-26(24-17(3)31-22-8-6-5-7-20(22)24)25(28(34)29(32)35)27(33)18-9-10-21(30)23(14-18)36-4/h5-14,26,31,33H,1-4H3/b27-25+. The van der Waals surface area contributed by atoms with Gasteiger partial charge in [-0.1, -0.05) is 35.9 Å². The Morgan fingerprint density at radius 1 is 1.00 bits per heavy atom. The van der Waals surface area contributed by atoms with E-state index in [1.807, 2.05) is 63.2 Å². The summed E-state index contributed by atoms with van der Waals surface area (Å²) in [6.07, 6.45) is 0. The van der Waals surface area contributed by atoms with E-state index < -0.39 is 17.7 Å². The Hall–Kier alpha value is -4.03. The number of aromatic nitrogens is 1. The molecule has 1 aromatic heterocycles. The Kier molecular flexibility index (Phi) is 5.85. The first-order chi connectivity index (χ1) is 17.2. The van der Waals surface area contributed by atoms with Crippen LogP contribution in [0.25, 0.3) is 16.7 Å². The molecule has 5 rings (SSSR count). The number of aliphatic hydroxyl groups is 1. The van der Waals surface area contributed by atoms with E-state index in [1.54, 1.807) is 18.2 Å². The number of rotatable bonds is 4. The molecule has 0 saturated carbocycles. The lowest BCUT2D eigenvalue weighted by Crippen LogP contribution is -2.29. The lowest BCUT2D eigenvalue weighted by Gasteiger charge is -2.26. The molecule has 36 heavy (non-hydrogen) atoms. The molecule has 2 heterocycles. The highest BCUT2D eigenvalue weighted by Gasteiger charge is 2.48. The summed E-state index contributed by atoms with van der Waals surface area (Å²) in [5.74, 6) is -1.39. The second-order valence-corrected chi connectivity index (χ2v) is 9.48. The van der Waals surface area contributed by atoms with Gasteiger partial charge in [0.25, 0.3) is 11.7 Å². The van der Waals surface area contributed by atoms with E-state index in [2.05, 4.69) is 4.98 Å². The number of aliphatic hydroxyl groups excluding tert-OH is 1. The van der Waals surface area contributed by atoms with Crippen LogP contribution in [0, 0.1) is 20.8 Å². The summed E-state index contributed by atoms with van der Waals surface area (Å²) >= 11 is 6.19. The molecule has 1 aliphatic heterocycles. The zero-order valence-electron chi connectivity index (χ0n) is 20.3. The number of benzene rings is 3. The van der Waals surface area contributed by atoms with E-state index in [-0.39, 0.29) is 11.3 Å². The second-order valence-electron chi connectivity index (χ2n) is 9.07. The molecule has 1 saturated heterocycles.